The van der Waals surface area contributed by atoms with E-state index in [9.17, 15) is 4.39 Å². The molecule has 1 aromatic heterocycles. The summed E-state index contributed by atoms with van der Waals surface area (Å²) in [5, 5.41) is 10.2. The number of benzene rings is 1. The van der Waals surface area contributed by atoms with Gasteiger partial charge in [0.15, 0.2) is 0 Å². The molecule has 0 bridgehead atoms. The Morgan fingerprint density at radius 3 is 2.85 bits per heavy atom. The van der Waals surface area contributed by atoms with Crippen LogP contribution in [0.2, 0.25) is 0 Å². The summed E-state index contributed by atoms with van der Waals surface area (Å²) >= 11 is 0. The highest BCUT2D eigenvalue weighted by atomic mass is 19.1. The fraction of sp³-hybridized carbons (Fsp3) is 0.333. The Morgan fingerprint density at radius 2 is 2.15 bits per heavy atom. The van der Waals surface area contributed by atoms with Gasteiger partial charge in [0.05, 0.1) is 5.52 Å². The fourth-order valence-corrected chi connectivity index (χ4v) is 1.46. The molecule has 1 aromatic carbocycles. The van der Waals surface area contributed by atoms with Crippen molar-refractivity contribution >= 4 is 11.0 Å². The molecule has 1 N–H and O–H groups in total. The first kappa shape index (κ1) is 8.16. The Balaban J connectivity index is 2.80. The first-order chi connectivity index (χ1) is 6.20. The van der Waals surface area contributed by atoms with Gasteiger partial charge in [-0.3, -0.25) is 5.10 Å². The number of hydrogen-bond acceptors (Lipinski definition) is 2. The van der Waals surface area contributed by atoms with E-state index in [0.29, 0.717) is 11.1 Å². The normalized spacial score (nSPS) is 11.4. The molecule has 68 valence electrons. The number of fused-ring (bicyclic) bond motifs is 1. The molecule has 0 radical (unpaired) electrons. The van der Waals surface area contributed by atoms with Crippen molar-refractivity contribution in [2.45, 2.75) is 19.8 Å². The van der Waals surface area contributed by atoms with Crippen molar-refractivity contribution in [3.63, 3.8) is 0 Å². The van der Waals surface area contributed by atoms with Crippen molar-refractivity contribution < 1.29 is 4.39 Å². The van der Waals surface area contributed by atoms with Crippen LogP contribution in [0.4, 0.5) is 4.39 Å². The number of H-pyrrole nitrogens is 1. The maximum atomic E-state index is 13.4. The molecule has 0 spiro atoms. The molecule has 0 amide bonds. The number of nitrogens with one attached hydrogen (secondary N) is 1. The van der Waals surface area contributed by atoms with Crippen molar-refractivity contribution in [1.29, 1.82) is 0 Å². The molecule has 1 heterocycles. The lowest BCUT2D eigenvalue weighted by atomic mass is 10.0. The van der Waals surface area contributed by atoms with Crippen LogP contribution >= 0.6 is 0 Å². The van der Waals surface area contributed by atoms with Crippen molar-refractivity contribution in [2.75, 3.05) is 0 Å². The van der Waals surface area contributed by atoms with Gasteiger partial charge < -0.3 is 0 Å². The molecule has 2 aromatic rings. The summed E-state index contributed by atoms with van der Waals surface area (Å²) in [6.45, 7) is 3.87. The van der Waals surface area contributed by atoms with Crippen LogP contribution in [0.1, 0.15) is 25.3 Å². The van der Waals surface area contributed by atoms with Gasteiger partial charge in [-0.15, -0.1) is 5.10 Å². The summed E-state index contributed by atoms with van der Waals surface area (Å²) < 4.78 is 13.4. The van der Waals surface area contributed by atoms with Gasteiger partial charge >= 0.3 is 0 Å². The number of aromatic nitrogens is 3. The summed E-state index contributed by atoms with van der Waals surface area (Å²) in [5.74, 6) is -0.0924. The predicted molar refractivity (Wildman–Crippen MR) is 47.9 cm³/mol. The minimum Gasteiger partial charge on any atom is -0.258 e. The van der Waals surface area contributed by atoms with Crippen LogP contribution < -0.4 is 0 Å². The largest absolute Gasteiger partial charge is 0.258 e. The quantitative estimate of drug-likeness (QED) is 0.729. The van der Waals surface area contributed by atoms with Crippen molar-refractivity contribution in [1.82, 2.24) is 15.4 Å². The molecule has 0 aliphatic heterocycles. The van der Waals surface area contributed by atoms with Crippen molar-refractivity contribution in [3.8, 4) is 0 Å². The Kier molecular flexibility index (Phi) is 1.76. The maximum Gasteiger partial charge on any atom is 0.129 e. The van der Waals surface area contributed by atoms with Gasteiger partial charge in [0.25, 0.3) is 0 Å². The second-order valence-corrected chi connectivity index (χ2v) is 3.32. The van der Waals surface area contributed by atoms with Gasteiger partial charge in [0, 0.05) is 5.56 Å². The highest BCUT2D eigenvalue weighted by Crippen LogP contribution is 2.24. The van der Waals surface area contributed by atoms with Gasteiger partial charge in [0.2, 0.25) is 0 Å². The third-order valence-electron chi connectivity index (χ3n) is 2.06. The van der Waals surface area contributed by atoms with E-state index in [1.165, 1.54) is 6.07 Å². The van der Waals surface area contributed by atoms with E-state index in [1.807, 2.05) is 13.8 Å². The number of aromatic amines is 1. The van der Waals surface area contributed by atoms with E-state index in [2.05, 4.69) is 15.4 Å². The van der Waals surface area contributed by atoms with Crippen LogP contribution in [0.3, 0.4) is 0 Å². The first-order valence-electron chi connectivity index (χ1n) is 4.19. The summed E-state index contributed by atoms with van der Waals surface area (Å²) in [4.78, 5) is 0. The van der Waals surface area contributed by atoms with E-state index in [-0.39, 0.29) is 11.7 Å². The van der Waals surface area contributed by atoms with Crippen LogP contribution in [0.25, 0.3) is 11.0 Å². The SMILES string of the molecule is CC(C)c1c(F)ccc2[nH]nnc12. The molecule has 0 unspecified atom stereocenters. The Hall–Kier alpha value is -1.45. The zero-order valence-electron chi connectivity index (χ0n) is 7.50. The topological polar surface area (TPSA) is 41.6 Å². The molecular weight excluding hydrogens is 169 g/mol. The summed E-state index contributed by atoms with van der Waals surface area (Å²) in [7, 11) is 0. The van der Waals surface area contributed by atoms with Crippen LogP contribution in [0.5, 0.6) is 0 Å². The average Bonchev–Trinajstić information content (AvgIpc) is 2.50. The van der Waals surface area contributed by atoms with E-state index in [4.69, 9.17) is 0 Å². The zero-order chi connectivity index (χ0) is 9.42. The molecular formula is C9H10FN3. The molecule has 0 saturated heterocycles. The summed E-state index contributed by atoms with van der Waals surface area (Å²) in [6, 6.07) is 3.09. The van der Waals surface area contributed by atoms with Gasteiger partial charge in [0.1, 0.15) is 11.3 Å². The standard InChI is InChI=1S/C9H10FN3/c1-5(2)8-6(10)3-4-7-9(8)12-13-11-7/h3-5H,1-2H3,(H,11,12,13). The van der Waals surface area contributed by atoms with Gasteiger partial charge in [-0.2, -0.15) is 0 Å². The monoisotopic (exact) mass is 179 g/mol. The second kappa shape index (κ2) is 2.80. The second-order valence-electron chi connectivity index (χ2n) is 3.32. The van der Waals surface area contributed by atoms with E-state index < -0.39 is 0 Å². The molecule has 4 heteroatoms. The number of nitrogens with zero attached hydrogens (tertiary/aromatic N) is 2. The van der Waals surface area contributed by atoms with Crippen LogP contribution in [-0.2, 0) is 0 Å². The smallest absolute Gasteiger partial charge is 0.129 e. The zero-order valence-corrected chi connectivity index (χ0v) is 7.50. The molecule has 0 aliphatic carbocycles. The third-order valence-corrected chi connectivity index (χ3v) is 2.06. The molecule has 13 heavy (non-hydrogen) atoms. The van der Waals surface area contributed by atoms with Crippen LogP contribution in [0.15, 0.2) is 12.1 Å². The lowest BCUT2D eigenvalue weighted by Gasteiger charge is -2.06. The van der Waals surface area contributed by atoms with E-state index in [0.717, 1.165) is 5.52 Å². The minimum atomic E-state index is -0.212. The van der Waals surface area contributed by atoms with Gasteiger partial charge in [-0.25, -0.2) is 4.39 Å². The Labute approximate surface area is 75.0 Å². The lowest BCUT2D eigenvalue weighted by molar-refractivity contribution is 0.601. The van der Waals surface area contributed by atoms with Crippen LogP contribution in [-0.4, -0.2) is 15.4 Å². The van der Waals surface area contributed by atoms with E-state index in [1.54, 1.807) is 6.07 Å². The number of hydrogen-bond donors (Lipinski definition) is 1. The van der Waals surface area contributed by atoms with Gasteiger partial charge in [-0.05, 0) is 18.1 Å². The van der Waals surface area contributed by atoms with Gasteiger partial charge in [-0.1, -0.05) is 19.1 Å². The van der Waals surface area contributed by atoms with Crippen molar-refractivity contribution in [2.24, 2.45) is 0 Å². The Morgan fingerprint density at radius 1 is 1.38 bits per heavy atom. The highest BCUT2D eigenvalue weighted by Gasteiger charge is 2.13. The highest BCUT2D eigenvalue weighted by molar-refractivity contribution is 5.78. The molecule has 0 saturated carbocycles. The van der Waals surface area contributed by atoms with E-state index >= 15 is 0 Å². The first-order valence-corrected chi connectivity index (χ1v) is 4.19. The molecule has 2 rings (SSSR count). The minimum absolute atomic E-state index is 0.119. The molecule has 0 aliphatic rings. The van der Waals surface area contributed by atoms with Crippen LogP contribution in [0, 0.1) is 5.82 Å². The third kappa shape index (κ3) is 1.18. The van der Waals surface area contributed by atoms with Crippen molar-refractivity contribution in [3.05, 3.63) is 23.5 Å². The number of halogens is 1. The maximum absolute atomic E-state index is 13.4. The molecule has 0 fully saturated rings. The predicted octanol–water partition coefficient (Wildman–Crippen LogP) is 2.22. The fourth-order valence-electron chi connectivity index (χ4n) is 1.46. The Bertz CT molecular complexity index is 433. The molecule has 0 atom stereocenters. The average molecular weight is 179 g/mol. The molecule has 3 nitrogen and oxygen atoms in total. The number of rotatable bonds is 1. The lowest BCUT2D eigenvalue weighted by Crippen LogP contribution is -1.94. The summed E-state index contributed by atoms with van der Waals surface area (Å²) in [5.41, 5.74) is 2.05. The summed E-state index contributed by atoms with van der Waals surface area (Å²) in [6.07, 6.45) is 0.